The maximum Gasteiger partial charge on any atom is 0.412 e. The summed E-state index contributed by atoms with van der Waals surface area (Å²) in [6.07, 6.45) is 20.5. The van der Waals surface area contributed by atoms with Gasteiger partial charge in [0.15, 0.2) is 6.23 Å². The molecule has 0 saturated carbocycles. The van der Waals surface area contributed by atoms with Crippen LogP contribution >= 0.6 is 0 Å². The predicted molar refractivity (Wildman–Crippen MR) is 160 cm³/mol. The summed E-state index contributed by atoms with van der Waals surface area (Å²) >= 11 is 0. The van der Waals surface area contributed by atoms with Crippen LogP contribution in [0.25, 0.3) is 0 Å². The van der Waals surface area contributed by atoms with Crippen molar-refractivity contribution in [3.8, 4) is 0 Å². The van der Waals surface area contributed by atoms with Crippen LogP contribution in [-0.4, -0.2) is 62.5 Å². The fourth-order valence-electron chi connectivity index (χ4n) is 5.27. The van der Waals surface area contributed by atoms with Crippen LogP contribution in [0.1, 0.15) is 135 Å². The van der Waals surface area contributed by atoms with Crippen molar-refractivity contribution in [1.29, 1.82) is 0 Å². The van der Waals surface area contributed by atoms with Crippen molar-refractivity contribution in [1.82, 2.24) is 9.55 Å². The number of nitrogens with one attached hydrogen (secondary N) is 1. The van der Waals surface area contributed by atoms with Crippen molar-refractivity contribution in [2.45, 2.75) is 153 Å². The van der Waals surface area contributed by atoms with Crippen LogP contribution in [0.4, 0.5) is 10.6 Å². The van der Waals surface area contributed by atoms with Crippen LogP contribution in [0.5, 0.6) is 0 Å². The molecule has 0 radical (unpaired) electrons. The summed E-state index contributed by atoms with van der Waals surface area (Å²) in [5.41, 5.74) is -0.781. The van der Waals surface area contributed by atoms with Crippen LogP contribution in [0.2, 0.25) is 0 Å². The second-order valence-electron chi connectivity index (χ2n) is 11.4. The molecule has 0 bridgehead atoms. The molecular weight excluding hydrogens is 526 g/mol. The molecule has 4 N–H and O–H groups in total. The van der Waals surface area contributed by atoms with Gasteiger partial charge >= 0.3 is 11.8 Å². The van der Waals surface area contributed by atoms with E-state index in [2.05, 4.69) is 17.2 Å². The average Bonchev–Trinajstić information content (AvgIpc) is 3.25. The Hall–Kier alpha value is -2.01. The second kappa shape index (κ2) is 21.7. The van der Waals surface area contributed by atoms with E-state index < -0.39 is 42.9 Å². The average molecular weight is 582 g/mol. The van der Waals surface area contributed by atoms with Crippen LogP contribution in [0, 0.1) is 0 Å². The van der Waals surface area contributed by atoms with Gasteiger partial charge in [-0.1, -0.05) is 122 Å². The number of carbonyl (C=O) groups excluding carboxylic acids is 1. The molecule has 1 aromatic rings. The Kier molecular flexibility index (Phi) is 18.6. The number of aliphatic hydroxyl groups is 3. The van der Waals surface area contributed by atoms with Gasteiger partial charge in [0.1, 0.15) is 24.1 Å². The molecule has 0 spiro atoms. The van der Waals surface area contributed by atoms with Crippen LogP contribution in [0.15, 0.2) is 17.1 Å². The van der Waals surface area contributed by atoms with Gasteiger partial charge < -0.3 is 24.8 Å². The molecule has 4 atom stereocenters. The molecule has 0 aromatic carbocycles. The summed E-state index contributed by atoms with van der Waals surface area (Å²) in [7, 11) is 0. The molecule has 1 fully saturated rings. The zero-order valence-electron chi connectivity index (χ0n) is 25.2. The summed E-state index contributed by atoms with van der Waals surface area (Å²) < 4.78 is 11.5. The van der Waals surface area contributed by atoms with Gasteiger partial charge in [-0.15, -0.1) is 0 Å². The van der Waals surface area contributed by atoms with E-state index in [9.17, 15) is 24.9 Å². The first kappa shape index (κ1) is 35.2. The first-order valence-corrected chi connectivity index (χ1v) is 16.1. The maximum absolute atomic E-state index is 12.3. The summed E-state index contributed by atoms with van der Waals surface area (Å²) in [5.74, 6) is 0.0103. The topological polar surface area (TPSA) is 143 Å². The summed E-state index contributed by atoms with van der Waals surface area (Å²) in [4.78, 5) is 28.1. The molecule has 1 aliphatic heterocycles. The molecule has 236 valence electrons. The van der Waals surface area contributed by atoms with E-state index in [4.69, 9.17) is 9.47 Å². The summed E-state index contributed by atoms with van der Waals surface area (Å²) in [5, 5.41) is 31.6. The SMILES string of the molecule is CCCCCCCCCCCCCCCCCCCCCOC(=O)Nc1ccn([C@@H]2O[C@H](CO)[C@@H](O)[C@@H]2O)c(=O)n1. The lowest BCUT2D eigenvalue weighted by molar-refractivity contribution is -0.0549. The van der Waals surface area contributed by atoms with Crippen molar-refractivity contribution in [3.05, 3.63) is 22.7 Å². The molecule has 10 heteroatoms. The lowest BCUT2D eigenvalue weighted by Crippen LogP contribution is -2.36. The molecule has 41 heavy (non-hydrogen) atoms. The monoisotopic (exact) mass is 581 g/mol. The molecule has 0 aliphatic carbocycles. The summed E-state index contributed by atoms with van der Waals surface area (Å²) in [6, 6.07) is 1.37. The Morgan fingerprint density at radius 1 is 0.854 bits per heavy atom. The van der Waals surface area contributed by atoms with E-state index in [0.717, 1.165) is 23.8 Å². The van der Waals surface area contributed by atoms with Crippen LogP contribution < -0.4 is 11.0 Å². The standard InChI is InChI=1S/C31H55N3O7/c1-2-3-4-5-6-7-8-9-10-11-12-13-14-15-16-17-18-19-20-23-40-31(39)33-26-21-22-34(30(38)32-26)29-28(37)27(36)25(24-35)41-29/h21-22,25,27-29,35-37H,2-20,23-24H2,1H3,(H,32,33,38,39)/t25-,27-,28+,29-/m1/s1. The largest absolute Gasteiger partial charge is 0.449 e. The fourth-order valence-corrected chi connectivity index (χ4v) is 5.27. The van der Waals surface area contributed by atoms with E-state index in [0.29, 0.717) is 6.61 Å². The highest BCUT2D eigenvalue weighted by molar-refractivity contribution is 5.83. The number of nitrogens with zero attached hydrogens (tertiary/aromatic N) is 2. The Bertz CT molecular complexity index is 882. The highest BCUT2D eigenvalue weighted by Gasteiger charge is 2.43. The zero-order valence-corrected chi connectivity index (χ0v) is 25.2. The van der Waals surface area contributed by atoms with E-state index in [1.165, 1.54) is 115 Å². The van der Waals surface area contributed by atoms with E-state index in [1.807, 2.05) is 0 Å². The fraction of sp³-hybridized carbons (Fsp3) is 0.839. The second-order valence-corrected chi connectivity index (χ2v) is 11.4. The summed E-state index contributed by atoms with van der Waals surface area (Å²) in [6.45, 7) is 2.07. The molecule has 1 aromatic heterocycles. The van der Waals surface area contributed by atoms with E-state index >= 15 is 0 Å². The number of ether oxygens (including phenoxy) is 2. The lowest BCUT2D eigenvalue weighted by atomic mass is 10.0. The van der Waals surface area contributed by atoms with Crippen molar-refractivity contribution in [2.75, 3.05) is 18.5 Å². The van der Waals surface area contributed by atoms with Gasteiger partial charge in [-0.05, 0) is 12.5 Å². The lowest BCUT2D eigenvalue weighted by Gasteiger charge is -2.17. The van der Waals surface area contributed by atoms with E-state index in [1.54, 1.807) is 0 Å². The van der Waals surface area contributed by atoms with Gasteiger partial charge in [-0.3, -0.25) is 9.88 Å². The number of hydrogen-bond acceptors (Lipinski definition) is 8. The predicted octanol–water partition coefficient (Wildman–Crippen LogP) is 5.84. The quantitative estimate of drug-likeness (QED) is 0.118. The third-order valence-corrected chi connectivity index (χ3v) is 7.83. The Balaban J connectivity index is 1.41. The molecule has 1 amide bonds. The minimum absolute atomic E-state index is 0.0103. The molecule has 1 aliphatic rings. The van der Waals surface area contributed by atoms with Crippen molar-refractivity contribution < 1.29 is 29.6 Å². The highest BCUT2D eigenvalue weighted by Crippen LogP contribution is 2.28. The molecule has 2 heterocycles. The number of anilines is 1. The maximum atomic E-state index is 12.3. The molecule has 1 saturated heterocycles. The van der Waals surface area contributed by atoms with Crippen LogP contribution in [-0.2, 0) is 9.47 Å². The van der Waals surface area contributed by atoms with Gasteiger partial charge in [0.25, 0.3) is 0 Å². The number of hydrogen-bond donors (Lipinski definition) is 4. The molecule has 0 unspecified atom stereocenters. The van der Waals surface area contributed by atoms with Crippen molar-refractivity contribution in [2.24, 2.45) is 0 Å². The minimum Gasteiger partial charge on any atom is -0.449 e. The third-order valence-electron chi connectivity index (χ3n) is 7.83. The van der Waals surface area contributed by atoms with E-state index in [-0.39, 0.29) is 5.82 Å². The number of aliphatic hydroxyl groups excluding tert-OH is 3. The molecular formula is C31H55N3O7. The minimum atomic E-state index is -1.39. The van der Waals surface area contributed by atoms with Crippen molar-refractivity contribution in [3.63, 3.8) is 0 Å². The van der Waals surface area contributed by atoms with Gasteiger partial charge in [0, 0.05) is 6.20 Å². The number of unbranched alkanes of at least 4 members (excludes halogenated alkanes) is 18. The zero-order chi connectivity index (χ0) is 29.7. The first-order chi connectivity index (χ1) is 20.0. The van der Waals surface area contributed by atoms with Gasteiger partial charge in [-0.2, -0.15) is 4.98 Å². The third kappa shape index (κ3) is 14.1. The Labute approximate surface area is 245 Å². The number of amides is 1. The normalized spacial score (nSPS) is 20.4. The Morgan fingerprint density at radius 2 is 1.34 bits per heavy atom. The number of rotatable bonds is 23. The molecule has 10 nitrogen and oxygen atoms in total. The van der Waals surface area contributed by atoms with Gasteiger partial charge in [-0.25, -0.2) is 9.59 Å². The van der Waals surface area contributed by atoms with Crippen molar-refractivity contribution >= 4 is 11.9 Å². The smallest absolute Gasteiger partial charge is 0.412 e. The number of carbonyl (C=O) groups is 1. The number of aromatic nitrogens is 2. The Morgan fingerprint density at radius 3 is 1.78 bits per heavy atom. The van der Waals surface area contributed by atoms with Gasteiger partial charge in [0.05, 0.1) is 13.2 Å². The molecule has 2 rings (SSSR count). The first-order valence-electron chi connectivity index (χ1n) is 16.1. The van der Waals surface area contributed by atoms with Crippen LogP contribution in [0.3, 0.4) is 0 Å². The van der Waals surface area contributed by atoms with Gasteiger partial charge in [0.2, 0.25) is 0 Å². The highest BCUT2D eigenvalue weighted by atomic mass is 16.6.